The van der Waals surface area contributed by atoms with Gasteiger partial charge in [-0.05, 0) is 136 Å². The normalized spacial score (nSPS) is 11.3. The van der Waals surface area contributed by atoms with E-state index in [1.165, 1.54) is 42.1 Å². The molecular weight excluding hydrogens is 887 g/mol. The number of rotatable bonds is 14. The number of hydrogen-bond donors (Lipinski definition) is 0. The molecule has 336 valence electrons. The van der Waals surface area contributed by atoms with Crippen LogP contribution in [-0.2, 0) is 0 Å². The highest BCUT2D eigenvalue weighted by molar-refractivity contribution is 7.23. The van der Waals surface area contributed by atoms with Crippen LogP contribution in [0.1, 0.15) is 29.2 Å². The summed E-state index contributed by atoms with van der Waals surface area (Å²) in [5.74, 6) is 0. The van der Waals surface area contributed by atoms with E-state index in [9.17, 15) is 0 Å². The average Bonchev–Trinajstić information content (AvgIpc) is 4.04. The first-order valence-electron chi connectivity index (χ1n) is 23.4. The average molecular weight is 936 g/mol. The number of thiophene rings is 2. The van der Waals surface area contributed by atoms with Gasteiger partial charge < -0.3 is 14.7 Å². The molecule has 0 aliphatic heterocycles. The van der Waals surface area contributed by atoms with Gasteiger partial charge in [-0.3, -0.25) is 0 Å². The maximum Gasteiger partial charge on any atom is 0.101 e. The van der Waals surface area contributed by atoms with Crippen LogP contribution < -0.4 is 14.7 Å². The number of hydrogen-bond acceptors (Lipinski definition) is 5. The standard InChI is InChI=1S/C65H49N3S2/c1-5-16-58-47(8-4)20-14-23-60(58)67(54-33-25-45(6-2)26-34-54)64-41-51-31-39-56(43-62(51)69-64)66(53-37-29-49(30-38-53)48-17-10-9-11-18-48)57-40-32-52-42-65(70-63(52)44-57)68(55-35-27-46(7-3)28-36-55)61-24-15-21-50-19-12-13-22-59(50)61/h5-44H,2-4H2,1H3. The van der Waals surface area contributed by atoms with Crippen LogP contribution in [-0.4, -0.2) is 0 Å². The fourth-order valence-corrected chi connectivity index (χ4v) is 11.6. The molecule has 70 heavy (non-hydrogen) atoms. The molecule has 0 unspecified atom stereocenters. The van der Waals surface area contributed by atoms with Crippen LogP contribution in [0, 0.1) is 0 Å². The fourth-order valence-electron chi connectivity index (χ4n) is 9.37. The van der Waals surface area contributed by atoms with Gasteiger partial charge in [-0.1, -0.05) is 178 Å². The first-order valence-corrected chi connectivity index (χ1v) is 25.1. The predicted octanol–water partition coefficient (Wildman–Crippen LogP) is 20.3. The molecule has 0 saturated heterocycles. The van der Waals surface area contributed by atoms with Crippen molar-refractivity contribution in [3.8, 4) is 11.1 Å². The zero-order chi connectivity index (χ0) is 47.6. The van der Waals surface area contributed by atoms with E-state index in [2.05, 4.69) is 266 Å². The summed E-state index contributed by atoms with van der Waals surface area (Å²) in [6.45, 7) is 14.3. The van der Waals surface area contributed by atoms with Gasteiger partial charge in [-0.2, -0.15) is 0 Å². The lowest BCUT2D eigenvalue weighted by molar-refractivity contribution is 1.30. The minimum Gasteiger partial charge on any atom is -0.310 e. The molecule has 0 saturated carbocycles. The van der Waals surface area contributed by atoms with Gasteiger partial charge in [0.1, 0.15) is 10.0 Å². The molecule has 11 aromatic rings. The number of allylic oxidation sites excluding steroid dienone is 1. The number of benzene rings is 9. The van der Waals surface area contributed by atoms with Crippen molar-refractivity contribution >= 4 is 128 Å². The Morgan fingerprint density at radius 3 is 1.46 bits per heavy atom. The first kappa shape index (κ1) is 44.1. The van der Waals surface area contributed by atoms with Crippen LogP contribution in [0.15, 0.2) is 238 Å². The summed E-state index contributed by atoms with van der Waals surface area (Å²) < 4.78 is 2.38. The molecule has 2 aromatic heterocycles. The largest absolute Gasteiger partial charge is 0.310 e. The minimum absolute atomic E-state index is 1.07. The van der Waals surface area contributed by atoms with E-state index in [1.54, 1.807) is 11.3 Å². The quantitative estimate of drug-likeness (QED) is 0.108. The van der Waals surface area contributed by atoms with E-state index < -0.39 is 0 Å². The Bertz CT molecular complexity index is 3720. The lowest BCUT2D eigenvalue weighted by Crippen LogP contribution is -2.10. The third-order valence-corrected chi connectivity index (χ3v) is 15.0. The Balaban J connectivity index is 1.05. The summed E-state index contributed by atoms with van der Waals surface area (Å²) in [6.07, 6.45) is 10.00. The Hall–Kier alpha value is -8.48. The Morgan fingerprint density at radius 1 is 0.386 bits per heavy atom. The molecular formula is C65H49N3S2. The second-order valence-electron chi connectivity index (χ2n) is 17.1. The van der Waals surface area contributed by atoms with E-state index in [0.29, 0.717) is 0 Å². The zero-order valence-electron chi connectivity index (χ0n) is 38.9. The Labute approximate surface area is 418 Å². The minimum atomic E-state index is 1.07. The lowest BCUT2D eigenvalue weighted by Gasteiger charge is -2.26. The molecule has 9 aromatic carbocycles. The van der Waals surface area contributed by atoms with Gasteiger partial charge in [0.15, 0.2) is 0 Å². The van der Waals surface area contributed by atoms with E-state index in [1.807, 2.05) is 29.6 Å². The van der Waals surface area contributed by atoms with Gasteiger partial charge in [-0.25, -0.2) is 0 Å². The highest BCUT2D eigenvalue weighted by Gasteiger charge is 2.22. The van der Waals surface area contributed by atoms with Gasteiger partial charge in [0, 0.05) is 48.8 Å². The van der Waals surface area contributed by atoms with Crippen LogP contribution in [0.2, 0.25) is 0 Å². The van der Waals surface area contributed by atoms with Crippen LogP contribution >= 0.6 is 22.7 Å². The van der Waals surface area contributed by atoms with E-state index >= 15 is 0 Å². The smallest absolute Gasteiger partial charge is 0.101 e. The molecule has 0 aliphatic carbocycles. The van der Waals surface area contributed by atoms with E-state index in [4.69, 9.17) is 0 Å². The predicted molar refractivity (Wildman–Crippen MR) is 309 cm³/mol. The third-order valence-electron chi connectivity index (χ3n) is 12.9. The molecule has 0 radical (unpaired) electrons. The van der Waals surface area contributed by atoms with Crippen LogP contribution in [0.5, 0.6) is 0 Å². The number of fused-ring (bicyclic) bond motifs is 3. The van der Waals surface area contributed by atoms with Gasteiger partial charge >= 0.3 is 0 Å². The summed E-state index contributed by atoms with van der Waals surface area (Å²) in [4.78, 5) is 7.16. The third kappa shape index (κ3) is 8.43. The number of nitrogens with zero attached hydrogens (tertiary/aromatic N) is 3. The van der Waals surface area contributed by atoms with Crippen molar-refractivity contribution in [2.75, 3.05) is 14.7 Å². The van der Waals surface area contributed by atoms with Crippen LogP contribution in [0.4, 0.5) is 49.8 Å². The van der Waals surface area contributed by atoms with Crippen molar-refractivity contribution in [1.82, 2.24) is 0 Å². The number of anilines is 9. The molecule has 0 bridgehead atoms. The van der Waals surface area contributed by atoms with Gasteiger partial charge in [0.05, 0.1) is 11.4 Å². The van der Waals surface area contributed by atoms with Crippen molar-refractivity contribution in [3.63, 3.8) is 0 Å². The molecule has 0 spiro atoms. The molecule has 2 heterocycles. The highest BCUT2D eigenvalue weighted by atomic mass is 32.1. The summed E-state index contributed by atoms with van der Waals surface area (Å²) in [6, 6.07) is 76.9. The first-order chi connectivity index (χ1) is 34.5. The Kier molecular flexibility index (Phi) is 12.1. The van der Waals surface area contributed by atoms with Crippen molar-refractivity contribution in [1.29, 1.82) is 0 Å². The fraction of sp³-hybridized carbons (Fsp3) is 0.0154. The molecule has 0 fully saturated rings. The molecule has 0 N–H and O–H groups in total. The topological polar surface area (TPSA) is 9.72 Å². The SMILES string of the molecule is C=Cc1ccc(N(c2cc3ccc(N(c4ccc(-c5ccccc5)cc4)c4ccc5cc(N(c6ccc(C=C)cc6)c6cccc7ccccc67)sc5c4)cc3s2)c2cccc(C=C)c2C=CC)cc1. The van der Waals surface area contributed by atoms with E-state index in [-0.39, 0.29) is 0 Å². The van der Waals surface area contributed by atoms with Crippen LogP contribution in [0.25, 0.3) is 66.4 Å². The highest BCUT2D eigenvalue weighted by Crippen LogP contribution is 2.48. The molecule has 3 nitrogen and oxygen atoms in total. The summed E-state index contributed by atoms with van der Waals surface area (Å²) in [5, 5.41) is 7.03. The molecule has 11 rings (SSSR count). The Morgan fingerprint density at radius 2 is 0.871 bits per heavy atom. The van der Waals surface area contributed by atoms with Crippen LogP contribution in [0.3, 0.4) is 0 Å². The van der Waals surface area contributed by atoms with E-state index in [0.717, 1.165) is 72.1 Å². The van der Waals surface area contributed by atoms with Crippen molar-refractivity contribution in [3.05, 3.63) is 260 Å². The maximum absolute atomic E-state index is 4.17. The summed E-state index contributed by atoms with van der Waals surface area (Å²) in [7, 11) is 0. The summed E-state index contributed by atoms with van der Waals surface area (Å²) >= 11 is 3.60. The summed E-state index contributed by atoms with van der Waals surface area (Å²) in [5.41, 5.74) is 14.4. The second kappa shape index (κ2) is 19.3. The molecule has 0 amide bonds. The molecule has 0 atom stereocenters. The second-order valence-corrected chi connectivity index (χ2v) is 19.2. The van der Waals surface area contributed by atoms with Crippen molar-refractivity contribution in [2.45, 2.75) is 6.92 Å². The van der Waals surface area contributed by atoms with Crippen molar-refractivity contribution in [2.24, 2.45) is 0 Å². The van der Waals surface area contributed by atoms with Crippen molar-refractivity contribution < 1.29 is 0 Å². The lowest BCUT2D eigenvalue weighted by atomic mass is 10.0. The molecule has 0 aliphatic rings. The zero-order valence-corrected chi connectivity index (χ0v) is 40.5. The van der Waals surface area contributed by atoms with Gasteiger partial charge in [0.2, 0.25) is 0 Å². The molecule has 5 heteroatoms. The maximum atomic E-state index is 4.17. The van der Waals surface area contributed by atoms with Gasteiger partial charge in [-0.15, -0.1) is 22.7 Å². The monoisotopic (exact) mass is 935 g/mol. The van der Waals surface area contributed by atoms with Gasteiger partial charge in [0.25, 0.3) is 0 Å².